The number of anilines is 1. The van der Waals surface area contributed by atoms with E-state index in [0.717, 1.165) is 37.3 Å². The predicted octanol–water partition coefficient (Wildman–Crippen LogP) is 3.39. The van der Waals surface area contributed by atoms with Crippen LogP contribution in [0, 0.1) is 13.8 Å². The minimum atomic E-state index is 0.00493. The van der Waals surface area contributed by atoms with Crippen LogP contribution >= 0.6 is 0 Å². The minimum absolute atomic E-state index is 0.00493. The van der Waals surface area contributed by atoms with E-state index in [1.165, 1.54) is 11.3 Å². The molecule has 2 amide bonds. The molecule has 0 aliphatic carbocycles. The highest BCUT2D eigenvalue weighted by atomic mass is 16.2. The van der Waals surface area contributed by atoms with E-state index in [4.69, 9.17) is 0 Å². The molecular formula is C24H31N3O2. The zero-order chi connectivity index (χ0) is 20.8. The van der Waals surface area contributed by atoms with Gasteiger partial charge in [-0.2, -0.15) is 0 Å². The maximum absolute atomic E-state index is 12.7. The highest BCUT2D eigenvalue weighted by Gasteiger charge is 2.22. The van der Waals surface area contributed by atoms with Crippen molar-refractivity contribution >= 4 is 17.5 Å². The van der Waals surface area contributed by atoms with Gasteiger partial charge in [-0.1, -0.05) is 36.4 Å². The summed E-state index contributed by atoms with van der Waals surface area (Å²) in [6.07, 6.45) is 0.371. The molecule has 2 aromatic carbocycles. The van der Waals surface area contributed by atoms with Gasteiger partial charge in [0.05, 0.1) is 0 Å². The number of hydrogen-bond donors (Lipinski definition) is 0. The van der Waals surface area contributed by atoms with Crippen molar-refractivity contribution in [2.75, 3.05) is 37.6 Å². The Bertz CT molecular complexity index is 857. The third-order valence-corrected chi connectivity index (χ3v) is 5.66. The number of amides is 2. The van der Waals surface area contributed by atoms with Crippen LogP contribution in [0.3, 0.4) is 0 Å². The lowest BCUT2D eigenvalue weighted by molar-refractivity contribution is -0.134. The van der Waals surface area contributed by atoms with Crippen LogP contribution in [0.25, 0.3) is 0 Å². The predicted molar refractivity (Wildman–Crippen MR) is 117 cm³/mol. The summed E-state index contributed by atoms with van der Waals surface area (Å²) < 4.78 is 0. The van der Waals surface area contributed by atoms with Gasteiger partial charge in [0, 0.05) is 58.3 Å². The summed E-state index contributed by atoms with van der Waals surface area (Å²) in [4.78, 5) is 30.8. The summed E-state index contributed by atoms with van der Waals surface area (Å²) in [5.74, 6) is 0.134. The Balaban J connectivity index is 1.51. The van der Waals surface area contributed by atoms with Gasteiger partial charge in [0.25, 0.3) is 0 Å². The monoisotopic (exact) mass is 393 g/mol. The van der Waals surface area contributed by atoms with E-state index in [0.29, 0.717) is 19.5 Å². The molecule has 0 atom stereocenters. The standard InChI is InChI=1S/C24H31N3O2/c1-19-7-6-10-23(17-19)25-13-15-26(16-14-25)24(29)11-12-27(21(3)28)18-22-9-5-4-8-20(22)2/h4-10,17H,11-16,18H2,1-3H3. The third-order valence-electron chi connectivity index (χ3n) is 5.66. The Morgan fingerprint density at radius 2 is 1.69 bits per heavy atom. The number of nitrogens with zero attached hydrogens (tertiary/aromatic N) is 3. The van der Waals surface area contributed by atoms with Gasteiger partial charge in [-0.15, -0.1) is 0 Å². The van der Waals surface area contributed by atoms with Crippen molar-refractivity contribution in [3.05, 3.63) is 65.2 Å². The number of aryl methyl sites for hydroxylation is 2. The average molecular weight is 394 g/mol. The Labute approximate surface area is 173 Å². The Kier molecular flexibility index (Phi) is 6.91. The molecule has 5 heteroatoms. The normalized spacial score (nSPS) is 14.0. The SMILES string of the molecule is CC(=O)N(CCC(=O)N1CCN(c2cccc(C)c2)CC1)Cc1ccccc1C. The molecule has 1 fully saturated rings. The zero-order valence-corrected chi connectivity index (χ0v) is 17.7. The van der Waals surface area contributed by atoms with Crippen molar-refractivity contribution < 1.29 is 9.59 Å². The van der Waals surface area contributed by atoms with Crippen molar-refractivity contribution in [3.63, 3.8) is 0 Å². The van der Waals surface area contributed by atoms with Gasteiger partial charge >= 0.3 is 0 Å². The fourth-order valence-electron chi connectivity index (χ4n) is 3.77. The summed E-state index contributed by atoms with van der Waals surface area (Å²) in [5.41, 5.74) is 4.76. The summed E-state index contributed by atoms with van der Waals surface area (Å²) in [7, 11) is 0. The van der Waals surface area contributed by atoms with E-state index >= 15 is 0 Å². The summed E-state index contributed by atoms with van der Waals surface area (Å²) in [5, 5.41) is 0. The molecule has 0 aromatic heterocycles. The van der Waals surface area contributed by atoms with Gasteiger partial charge < -0.3 is 14.7 Å². The van der Waals surface area contributed by atoms with Crippen LogP contribution in [0.2, 0.25) is 0 Å². The van der Waals surface area contributed by atoms with E-state index in [9.17, 15) is 9.59 Å². The van der Waals surface area contributed by atoms with Crippen LogP contribution in [-0.2, 0) is 16.1 Å². The molecule has 1 saturated heterocycles. The number of rotatable bonds is 6. The fourth-order valence-corrected chi connectivity index (χ4v) is 3.77. The zero-order valence-electron chi connectivity index (χ0n) is 17.7. The third kappa shape index (κ3) is 5.59. The second kappa shape index (κ2) is 9.59. The molecule has 3 rings (SSSR count). The number of carbonyl (C=O) groups is 2. The van der Waals surface area contributed by atoms with Gasteiger partial charge in [0.2, 0.25) is 11.8 Å². The largest absolute Gasteiger partial charge is 0.368 e. The first-order chi connectivity index (χ1) is 13.9. The van der Waals surface area contributed by atoms with Crippen LogP contribution in [0.15, 0.2) is 48.5 Å². The van der Waals surface area contributed by atoms with Gasteiger partial charge in [-0.25, -0.2) is 0 Å². The van der Waals surface area contributed by atoms with Gasteiger partial charge in [-0.05, 0) is 42.7 Å². The smallest absolute Gasteiger partial charge is 0.224 e. The quantitative estimate of drug-likeness (QED) is 0.756. The molecule has 1 aliphatic heterocycles. The summed E-state index contributed by atoms with van der Waals surface area (Å²) in [6, 6.07) is 16.6. The summed E-state index contributed by atoms with van der Waals surface area (Å²) >= 11 is 0. The first-order valence-electron chi connectivity index (χ1n) is 10.3. The topological polar surface area (TPSA) is 43.9 Å². The lowest BCUT2D eigenvalue weighted by Crippen LogP contribution is -2.49. The van der Waals surface area contributed by atoms with Gasteiger partial charge in [0.15, 0.2) is 0 Å². The number of piperazine rings is 1. The molecule has 1 aliphatic rings. The van der Waals surface area contributed by atoms with Crippen LogP contribution in [-0.4, -0.2) is 54.3 Å². The molecule has 0 radical (unpaired) electrons. The van der Waals surface area contributed by atoms with Crippen LogP contribution < -0.4 is 4.90 Å². The van der Waals surface area contributed by atoms with Crippen molar-refractivity contribution in [1.82, 2.24) is 9.80 Å². The molecule has 5 nitrogen and oxygen atoms in total. The van der Waals surface area contributed by atoms with Gasteiger partial charge in [-0.3, -0.25) is 9.59 Å². The Morgan fingerprint density at radius 3 is 2.34 bits per heavy atom. The van der Waals surface area contributed by atoms with Crippen molar-refractivity contribution in [2.24, 2.45) is 0 Å². The molecular weight excluding hydrogens is 362 g/mol. The molecule has 0 unspecified atom stereocenters. The maximum atomic E-state index is 12.7. The first kappa shape index (κ1) is 20.9. The van der Waals surface area contributed by atoms with Crippen molar-refractivity contribution in [1.29, 1.82) is 0 Å². The van der Waals surface area contributed by atoms with Crippen molar-refractivity contribution in [3.8, 4) is 0 Å². The average Bonchev–Trinajstić information content (AvgIpc) is 2.72. The second-order valence-corrected chi connectivity index (χ2v) is 7.82. The van der Waals surface area contributed by atoms with E-state index in [-0.39, 0.29) is 11.8 Å². The van der Waals surface area contributed by atoms with E-state index in [2.05, 4.69) is 36.1 Å². The Morgan fingerprint density at radius 1 is 0.966 bits per heavy atom. The molecule has 2 aromatic rings. The first-order valence-corrected chi connectivity index (χ1v) is 10.3. The van der Waals surface area contributed by atoms with E-state index in [1.807, 2.05) is 36.1 Å². The summed E-state index contributed by atoms with van der Waals surface area (Å²) in [6.45, 7) is 9.87. The molecule has 0 N–H and O–H groups in total. The second-order valence-electron chi connectivity index (χ2n) is 7.82. The molecule has 29 heavy (non-hydrogen) atoms. The van der Waals surface area contributed by atoms with Crippen LogP contribution in [0.5, 0.6) is 0 Å². The highest BCUT2D eigenvalue weighted by Crippen LogP contribution is 2.18. The van der Waals surface area contributed by atoms with Crippen LogP contribution in [0.1, 0.15) is 30.0 Å². The molecule has 0 spiro atoms. The Hall–Kier alpha value is -2.82. The van der Waals surface area contributed by atoms with Gasteiger partial charge in [0.1, 0.15) is 0 Å². The lowest BCUT2D eigenvalue weighted by atomic mass is 10.1. The van der Waals surface area contributed by atoms with E-state index in [1.54, 1.807) is 11.8 Å². The van der Waals surface area contributed by atoms with Crippen LogP contribution in [0.4, 0.5) is 5.69 Å². The molecule has 1 heterocycles. The van der Waals surface area contributed by atoms with E-state index < -0.39 is 0 Å². The maximum Gasteiger partial charge on any atom is 0.224 e. The fraction of sp³-hybridized carbons (Fsp3) is 0.417. The number of hydrogen-bond acceptors (Lipinski definition) is 3. The molecule has 154 valence electrons. The minimum Gasteiger partial charge on any atom is -0.368 e. The lowest BCUT2D eigenvalue weighted by Gasteiger charge is -2.36. The number of benzene rings is 2. The van der Waals surface area contributed by atoms with Crippen molar-refractivity contribution in [2.45, 2.75) is 33.7 Å². The molecule has 0 bridgehead atoms. The highest BCUT2D eigenvalue weighted by molar-refractivity contribution is 5.78. The molecule has 0 saturated carbocycles. The number of carbonyl (C=O) groups excluding carboxylic acids is 2.